The molecule has 1 aliphatic rings. The zero-order chi connectivity index (χ0) is 27.5. The van der Waals surface area contributed by atoms with Gasteiger partial charge in [-0.2, -0.15) is 0 Å². The fourth-order valence-electron chi connectivity index (χ4n) is 4.75. The van der Waals surface area contributed by atoms with Crippen LogP contribution in [0.5, 0.6) is 11.5 Å². The Bertz CT molecular complexity index is 1650. The molecule has 0 aliphatic carbocycles. The lowest BCUT2D eigenvalue weighted by Gasteiger charge is -2.29. The quantitative estimate of drug-likeness (QED) is 0.196. The van der Waals surface area contributed by atoms with Crippen molar-refractivity contribution < 1.29 is 9.53 Å². The molecule has 1 saturated heterocycles. The van der Waals surface area contributed by atoms with Gasteiger partial charge in [0.1, 0.15) is 11.6 Å². The topological polar surface area (TPSA) is 92.5 Å². The Kier molecular flexibility index (Phi) is 7.88. The molecule has 40 heavy (non-hydrogen) atoms. The summed E-state index contributed by atoms with van der Waals surface area (Å²) in [5, 5.41) is 11.1. The molecule has 0 bridgehead atoms. The highest BCUT2D eigenvalue weighted by atomic mass is 35.5. The first-order chi connectivity index (χ1) is 19.5. The number of benzene rings is 2. The molecule has 1 amide bonds. The van der Waals surface area contributed by atoms with Crippen molar-refractivity contribution in [1.29, 1.82) is 0 Å². The number of carbonyl (C=O) groups excluding carboxylic acids is 1. The molecule has 4 heterocycles. The summed E-state index contributed by atoms with van der Waals surface area (Å²) in [6, 6.07) is 19.4. The van der Waals surface area contributed by atoms with E-state index in [1.807, 2.05) is 54.6 Å². The molecule has 6 rings (SSSR count). The zero-order valence-corrected chi connectivity index (χ0v) is 24.0. The zero-order valence-electron chi connectivity index (χ0n) is 21.7. The molecule has 204 valence electrons. The van der Waals surface area contributed by atoms with E-state index in [0.29, 0.717) is 28.7 Å². The van der Waals surface area contributed by atoms with E-state index in [2.05, 4.69) is 25.9 Å². The van der Waals surface area contributed by atoms with E-state index < -0.39 is 0 Å². The number of nitrogens with one attached hydrogen (secondary N) is 2. The SMILES string of the molecule is Nc1nccc2cc(CNC(=O)c3cc(Cl)c(Cc4scc(N5CCNCC5)c4Oc4ccccc4)s3)ccc12. The average molecular weight is 590 g/mol. The molecule has 0 saturated carbocycles. The summed E-state index contributed by atoms with van der Waals surface area (Å²) in [6.07, 6.45) is 2.28. The van der Waals surface area contributed by atoms with Gasteiger partial charge in [0.25, 0.3) is 5.91 Å². The van der Waals surface area contributed by atoms with Gasteiger partial charge < -0.3 is 26.0 Å². The molecule has 7 nitrogen and oxygen atoms in total. The van der Waals surface area contributed by atoms with Crippen LogP contribution in [0.3, 0.4) is 0 Å². The Balaban J connectivity index is 1.19. The smallest absolute Gasteiger partial charge is 0.261 e. The number of nitrogens with two attached hydrogens (primary N) is 1. The van der Waals surface area contributed by atoms with Crippen LogP contribution in [0.15, 0.2) is 72.2 Å². The number of piperazine rings is 1. The van der Waals surface area contributed by atoms with E-state index >= 15 is 0 Å². The number of nitrogen functional groups attached to an aromatic ring is 1. The third-order valence-corrected chi connectivity index (χ3v) is 9.37. The fraction of sp³-hybridized carbons (Fsp3) is 0.200. The lowest BCUT2D eigenvalue weighted by molar-refractivity contribution is 0.0955. The highest BCUT2D eigenvalue weighted by Gasteiger charge is 2.23. The maximum Gasteiger partial charge on any atom is 0.261 e. The van der Waals surface area contributed by atoms with E-state index in [4.69, 9.17) is 22.1 Å². The second-order valence-electron chi connectivity index (χ2n) is 9.52. The Hall–Kier alpha value is -3.63. The van der Waals surface area contributed by atoms with Crippen molar-refractivity contribution in [3.8, 4) is 11.5 Å². The van der Waals surface area contributed by atoms with Crippen molar-refractivity contribution in [1.82, 2.24) is 15.6 Å². The van der Waals surface area contributed by atoms with E-state index in [0.717, 1.165) is 69.5 Å². The van der Waals surface area contributed by atoms with Gasteiger partial charge in [-0.05, 0) is 41.3 Å². The van der Waals surface area contributed by atoms with Gasteiger partial charge in [-0.1, -0.05) is 41.9 Å². The van der Waals surface area contributed by atoms with Crippen LogP contribution in [0.25, 0.3) is 10.8 Å². The van der Waals surface area contributed by atoms with Crippen LogP contribution in [0.4, 0.5) is 11.5 Å². The van der Waals surface area contributed by atoms with Gasteiger partial charge in [0.15, 0.2) is 5.75 Å². The second kappa shape index (κ2) is 11.9. The summed E-state index contributed by atoms with van der Waals surface area (Å²) in [7, 11) is 0. The summed E-state index contributed by atoms with van der Waals surface area (Å²) in [5.74, 6) is 2.00. The predicted molar refractivity (Wildman–Crippen MR) is 165 cm³/mol. The third kappa shape index (κ3) is 5.78. The number of nitrogens with zero attached hydrogens (tertiary/aromatic N) is 2. The number of ether oxygens (including phenoxy) is 1. The van der Waals surface area contributed by atoms with Gasteiger partial charge in [0, 0.05) is 61.0 Å². The standard InChI is InChI=1S/C30H28ClN5O2S2/c31-23-15-27(30(37)35-17-19-6-7-22-20(14-19)8-9-34-29(22)32)40-25(23)16-26-28(38-21-4-2-1-3-5-21)24(18-39-26)36-12-10-33-11-13-36/h1-9,14-15,18,33H,10-13,16-17H2,(H2,32,34)(H,35,37). The van der Waals surface area contributed by atoms with E-state index in [1.165, 1.54) is 11.3 Å². The van der Waals surface area contributed by atoms with Crippen LogP contribution >= 0.6 is 34.3 Å². The first kappa shape index (κ1) is 26.6. The molecule has 4 N–H and O–H groups in total. The molecule has 2 aromatic carbocycles. The number of fused-ring (bicyclic) bond motifs is 1. The first-order valence-corrected chi connectivity index (χ1v) is 15.1. The van der Waals surface area contributed by atoms with Crippen LogP contribution < -0.4 is 26.0 Å². The number of aromatic nitrogens is 1. The number of anilines is 2. The monoisotopic (exact) mass is 589 g/mol. The Labute approximate surface area is 245 Å². The maximum absolute atomic E-state index is 13.0. The molecule has 10 heteroatoms. The summed E-state index contributed by atoms with van der Waals surface area (Å²) in [4.78, 5) is 22.1. The van der Waals surface area contributed by atoms with Crippen molar-refractivity contribution in [3.05, 3.63) is 97.5 Å². The maximum atomic E-state index is 13.0. The minimum absolute atomic E-state index is 0.152. The summed E-state index contributed by atoms with van der Waals surface area (Å²) < 4.78 is 6.44. The third-order valence-electron chi connectivity index (χ3n) is 6.83. The lowest BCUT2D eigenvalue weighted by atomic mass is 10.1. The van der Waals surface area contributed by atoms with Gasteiger partial charge in [0.2, 0.25) is 0 Å². The molecule has 3 aromatic heterocycles. The van der Waals surface area contributed by atoms with Crippen molar-refractivity contribution in [3.63, 3.8) is 0 Å². The van der Waals surface area contributed by atoms with E-state index in [9.17, 15) is 4.79 Å². The molecule has 0 radical (unpaired) electrons. The van der Waals surface area contributed by atoms with Crippen LogP contribution in [0.2, 0.25) is 5.02 Å². The first-order valence-electron chi connectivity index (χ1n) is 13.0. The van der Waals surface area contributed by atoms with Crippen molar-refractivity contribution in [2.75, 3.05) is 36.8 Å². The normalized spacial score (nSPS) is 13.5. The van der Waals surface area contributed by atoms with Gasteiger partial charge >= 0.3 is 0 Å². The Morgan fingerprint density at radius 1 is 1.10 bits per heavy atom. The Morgan fingerprint density at radius 2 is 1.93 bits per heavy atom. The van der Waals surface area contributed by atoms with Crippen LogP contribution in [0, 0.1) is 0 Å². The molecule has 5 aromatic rings. The molecule has 1 aliphatic heterocycles. The minimum Gasteiger partial charge on any atom is -0.454 e. The van der Waals surface area contributed by atoms with Crippen LogP contribution in [-0.2, 0) is 13.0 Å². The molecule has 0 atom stereocenters. The Morgan fingerprint density at radius 3 is 2.75 bits per heavy atom. The molecular weight excluding hydrogens is 562 g/mol. The van der Waals surface area contributed by atoms with Crippen molar-refractivity contribution in [2.24, 2.45) is 0 Å². The number of hydrogen-bond acceptors (Lipinski definition) is 8. The van der Waals surface area contributed by atoms with Crippen LogP contribution in [0.1, 0.15) is 25.0 Å². The molecule has 1 fully saturated rings. The number of halogens is 1. The second-order valence-corrected chi connectivity index (χ2v) is 12.0. The summed E-state index contributed by atoms with van der Waals surface area (Å²) in [5.41, 5.74) is 8.04. The highest BCUT2D eigenvalue weighted by molar-refractivity contribution is 7.15. The van der Waals surface area contributed by atoms with Gasteiger partial charge in [-0.25, -0.2) is 4.98 Å². The molecular formula is C30H28ClN5O2S2. The largest absolute Gasteiger partial charge is 0.454 e. The molecule has 0 unspecified atom stereocenters. The number of amides is 1. The van der Waals surface area contributed by atoms with Crippen molar-refractivity contribution >= 4 is 62.5 Å². The van der Waals surface area contributed by atoms with E-state index in [-0.39, 0.29) is 5.91 Å². The van der Waals surface area contributed by atoms with Gasteiger partial charge in [0.05, 0.1) is 20.5 Å². The number of para-hydroxylation sites is 1. The van der Waals surface area contributed by atoms with E-state index in [1.54, 1.807) is 23.6 Å². The minimum atomic E-state index is -0.152. The van der Waals surface area contributed by atoms with Crippen LogP contribution in [-0.4, -0.2) is 37.1 Å². The highest BCUT2D eigenvalue weighted by Crippen LogP contribution is 2.43. The number of carbonyl (C=O) groups is 1. The summed E-state index contributed by atoms with van der Waals surface area (Å²) >= 11 is 9.75. The number of hydrogen-bond donors (Lipinski definition) is 3. The van der Waals surface area contributed by atoms with Crippen molar-refractivity contribution in [2.45, 2.75) is 13.0 Å². The van der Waals surface area contributed by atoms with Gasteiger partial charge in [-0.3, -0.25) is 4.79 Å². The fourth-order valence-corrected chi connectivity index (χ4v) is 7.17. The van der Waals surface area contributed by atoms with Gasteiger partial charge in [-0.15, -0.1) is 22.7 Å². The number of rotatable bonds is 8. The molecule has 0 spiro atoms. The number of thiophene rings is 2. The lowest BCUT2D eigenvalue weighted by Crippen LogP contribution is -2.43. The number of pyridine rings is 1. The predicted octanol–water partition coefficient (Wildman–Crippen LogP) is 6.32. The average Bonchev–Trinajstić information content (AvgIpc) is 3.55. The summed E-state index contributed by atoms with van der Waals surface area (Å²) in [6.45, 7) is 4.13.